The molecule has 0 saturated heterocycles. The Hall–Kier alpha value is -1.53. The number of rotatable bonds is 5. The molecule has 0 heterocycles. The molecule has 0 spiro atoms. The first-order chi connectivity index (χ1) is 9.71. The maximum absolute atomic E-state index is 13.9. The van der Waals surface area contributed by atoms with Gasteiger partial charge in [0.05, 0.1) is 17.7 Å². The lowest BCUT2D eigenvalue weighted by Gasteiger charge is -2.20. The van der Waals surface area contributed by atoms with Crippen molar-refractivity contribution in [1.82, 2.24) is 0 Å². The molecule has 3 N–H and O–H groups in total. The zero-order valence-electron chi connectivity index (χ0n) is 12.2. The third-order valence-electron chi connectivity index (χ3n) is 2.32. The summed E-state index contributed by atoms with van der Waals surface area (Å²) in [6.45, 7) is 5.37. The average Bonchev–Trinajstić information content (AvgIpc) is 2.36. The molecule has 0 aromatic heterocycles. The van der Waals surface area contributed by atoms with Crippen LogP contribution in [0.5, 0.6) is 0 Å². The van der Waals surface area contributed by atoms with Gasteiger partial charge >= 0.3 is 6.09 Å². The fraction of sp³-hybridized carbons (Fsp3) is 0.500. The first kappa shape index (κ1) is 17.5. The lowest BCUT2D eigenvalue weighted by Crippen LogP contribution is -2.27. The van der Waals surface area contributed by atoms with Crippen LogP contribution in [0.25, 0.3) is 0 Å². The number of carbonyl (C=O) groups is 1. The quantitative estimate of drug-likeness (QED) is 0.729. The van der Waals surface area contributed by atoms with E-state index >= 15 is 0 Å². The van der Waals surface area contributed by atoms with E-state index in [1.807, 2.05) is 0 Å². The summed E-state index contributed by atoms with van der Waals surface area (Å²) in [6.07, 6.45) is -1.44. The van der Waals surface area contributed by atoms with Crippen molar-refractivity contribution in [1.29, 1.82) is 0 Å². The lowest BCUT2D eigenvalue weighted by atomic mass is 10.2. The summed E-state index contributed by atoms with van der Waals surface area (Å²) in [5.41, 5.74) is -0.154. The van der Waals surface area contributed by atoms with Crippen LogP contribution in [0, 0.1) is 5.82 Å². The van der Waals surface area contributed by atoms with Crippen LogP contribution in [0.15, 0.2) is 18.2 Å². The third kappa shape index (κ3) is 6.64. The Kier molecular flexibility index (Phi) is 6.23. The number of benzene rings is 1. The number of aliphatic hydroxyl groups excluding tert-OH is 1. The number of anilines is 2. The number of amides is 1. The summed E-state index contributed by atoms with van der Waals surface area (Å²) in [4.78, 5) is 11.6. The van der Waals surface area contributed by atoms with Crippen LogP contribution in [0.3, 0.4) is 0 Å². The fourth-order valence-electron chi connectivity index (χ4n) is 1.43. The first-order valence-corrected chi connectivity index (χ1v) is 7.02. The Morgan fingerprint density at radius 2 is 2.14 bits per heavy atom. The van der Waals surface area contributed by atoms with Crippen LogP contribution in [-0.2, 0) is 4.74 Å². The Balaban J connectivity index is 2.64. The van der Waals surface area contributed by atoms with Gasteiger partial charge in [-0.25, -0.2) is 9.18 Å². The Labute approximate surface area is 128 Å². The van der Waals surface area contributed by atoms with Crippen LogP contribution >= 0.6 is 11.6 Å². The van der Waals surface area contributed by atoms with Crippen LogP contribution in [0.2, 0.25) is 0 Å². The molecule has 1 unspecified atom stereocenters. The maximum Gasteiger partial charge on any atom is 0.412 e. The van der Waals surface area contributed by atoms with E-state index in [2.05, 4.69) is 10.6 Å². The van der Waals surface area contributed by atoms with Gasteiger partial charge in [-0.15, -0.1) is 11.6 Å². The standard InChI is InChI=1S/C14H20ClFN2O3/c1-14(2,3)21-13(20)18-12-5-4-9(6-11(12)16)17-8-10(19)7-15/h4-6,10,17,19H,7-8H2,1-3H3,(H,18,20). The van der Waals surface area contributed by atoms with Crippen molar-refractivity contribution in [3.63, 3.8) is 0 Å². The monoisotopic (exact) mass is 318 g/mol. The summed E-state index contributed by atoms with van der Waals surface area (Å²) in [6, 6.07) is 4.21. The van der Waals surface area contributed by atoms with Crippen LogP contribution in [-0.4, -0.2) is 35.3 Å². The second-order valence-corrected chi connectivity index (χ2v) is 5.82. The molecule has 7 heteroatoms. The zero-order chi connectivity index (χ0) is 16.0. The summed E-state index contributed by atoms with van der Waals surface area (Å²) in [5.74, 6) is -0.514. The van der Waals surface area contributed by atoms with Gasteiger partial charge in [0.25, 0.3) is 0 Å². The molecule has 118 valence electrons. The molecule has 0 bridgehead atoms. The fourth-order valence-corrected chi connectivity index (χ4v) is 1.54. The highest BCUT2D eigenvalue weighted by Crippen LogP contribution is 2.20. The van der Waals surface area contributed by atoms with Gasteiger partial charge in [0.1, 0.15) is 11.4 Å². The van der Waals surface area contributed by atoms with Crippen LogP contribution in [0.4, 0.5) is 20.6 Å². The van der Waals surface area contributed by atoms with Crippen molar-refractivity contribution < 1.29 is 19.0 Å². The Bertz CT molecular complexity index is 492. The predicted octanol–water partition coefficient (Wildman–Crippen LogP) is 3.18. The predicted molar refractivity (Wildman–Crippen MR) is 81.5 cm³/mol. The van der Waals surface area contributed by atoms with E-state index in [1.54, 1.807) is 26.8 Å². The normalized spacial score (nSPS) is 12.7. The maximum atomic E-state index is 13.9. The molecule has 5 nitrogen and oxygen atoms in total. The highest BCUT2D eigenvalue weighted by molar-refractivity contribution is 6.18. The third-order valence-corrected chi connectivity index (χ3v) is 2.68. The second kappa shape index (κ2) is 7.47. The molecule has 0 saturated carbocycles. The number of hydrogen-bond donors (Lipinski definition) is 3. The van der Waals surface area contributed by atoms with E-state index in [4.69, 9.17) is 16.3 Å². The number of carbonyl (C=O) groups excluding carboxylic acids is 1. The molecule has 0 aliphatic carbocycles. The van der Waals surface area contributed by atoms with Gasteiger partial charge in [-0.3, -0.25) is 5.32 Å². The minimum absolute atomic E-state index is 0.0210. The Morgan fingerprint density at radius 3 is 2.67 bits per heavy atom. The zero-order valence-corrected chi connectivity index (χ0v) is 13.0. The number of aliphatic hydroxyl groups is 1. The lowest BCUT2D eigenvalue weighted by molar-refractivity contribution is 0.0635. The number of halogens is 2. The summed E-state index contributed by atoms with van der Waals surface area (Å²) in [7, 11) is 0. The molecule has 0 aliphatic heterocycles. The molecule has 1 amide bonds. The van der Waals surface area contributed by atoms with Gasteiger partial charge in [0.2, 0.25) is 0 Å². The van der Waals surface area contributed by atoms with E-state index in [9.17, 15) is 14.3 Å². The van der Waals surface area contributed by atoms with Gasteiger partial charge < -0.3 is 15.2 Å². The average molecular weight is 319 g/mol. The molecule has 0 fully saturated rings. The van der Waals surface area contributed by atoms with Crippen molar-refractivity contribution in [2.75, 3.05) is 23.1 Å². The summed E-state index contributed by atoms with van der Waals surface area (Å²) < 4.78 is 18.9. The van der Waals surface area contributed by atoms with E-state index in [-0.39, 0.29) is 18.1 Å². The van der Waals surface area contributed by atoms with Crippen molar-refractivity contribution in [3.8, 4) is 0 Å². The van der Waals surface area contributed by atoms with E-state index in [1.165, 1.54) is 12.1 Å². The van der Waals surface area contributed by atoms with Crippen LogP contribution < -0.4 is 10.6 Å². The number of ether oxygens (including phenoxy) is 1. The molecule has 21 heavy (non-hydrogen) atoms. The molecular weight excluding hydrogens is 299 g/mol. The summed E-state index contributed by atoms with van der Waals surface area (Å²) in [5, 5.41) is 14.5. The van der Waals surface area contributed by atoms with Gasteiger partial charge in [0.15, 0.2) is 0 Å². The van der Waals surface area contributed by atoms with Gasteiger partial charge in [0, 0.05) is 12.2 Å². The molecule has 1 atom stereocenters. The minimum atomic E-state index is -0.723. The van der Waals surface area contributed by atoms with E-state index in [0.717, 1.165) is 0 Å². The Morgan fingerprint density at radius 1 is 1.48 bits per heavy atom. The molecule has 1 aromatic carbocycles. The van der Waals surface area contributed by atoms with Crippen LogP contribution in [0.1, 0.15) is 20.8 Å². The van der Waals surface area contributed by atoms with Crippen molar-refractivity contribution >= 4 is 29.1 Å². The van der Waals surface area contributed by atoms with Crippen molar-refractivity contribution in [2.24, 2.45) is 0 Å². The number of nitrogens with one attached hydrogen (secondary N) is 2. The van der Waals surface area contributed by atoms with Gasteiger partial charge in [-0.1, -0.05) is 0 Å². The number of hydrogen-bond acceptors (Lipinski definition) is 4. The number of alkyl halides is 1. The van der Waals surface area contributed by atoms with Crippen molar-refractivity contribution in [2.45, 2.75) is 32.5 Å². The first-order valence-electron chi connectivity index (χ1n) is 6.48. The molecule has 0 radical (unpaired) electrons. The largest absolute Gasteiger partial charge is 0.444 e. The van der Waals surface area contributed by atoms with Gasteiger partial charge in [-0.05, 0) is 39.0 Å². The highest BCUT2D eigenvalue weighted by Gasteiger charge is 2.17. The molecular formula is C14H20ClFN2O3. The molecule has 1 rings (SSSR count). The minimum Gasteiger partial charge on any atom is -0.444 e. The van der Waals surface area contributed by atoms with Gasteiger partial charge in [-0.2, -0.15) is 0 Å². The molecule has 1 aromatic rings. The van der Waals surface area contributed by atoms with E-state index in [0.29, 0.717) is 5.69 Å². The summed E-state index contributed by atoms with van der Waals surface area (Å²) >= 11 is 5.46. The topological polar surface area (TPSA) is 70.6 Å². The molecule has 0 aliphatic rings. The van der Waals surface area contributed by atoms with Crippen molar-refractivity contribution in [3.05, 3.63) is 24.0 Å². The second-order valence-electron chi connectivity index (χ2n) is 5.51. The smallest absolute Gasteiger partial charge is 0.412 e. The van der Waals surface area contributed by atoms with E-state index < -0.39 is 23.6 Å². The highest BCUT2D eigenvalue weighted by atomic mass is 35.5. The SMILES string of the molecule is CC(C)(C)OC(=O)Nc1ccc(NCC(O)CCl)cc1F.